The second-order valence-electron chi connectivity index (χ2n) is 7.21. The SMILES string of the molecule is Cc1cc(CO)cc(C)c1CNC(=O)C(C)Cc1cncc2ccccc12. The molecule has 27 heavy (non-hydrogen) atoms. The third-order valence-electron chi connectivity index (χ3n) is 5.10. The van der Waals surface area contributed by atoms with E-state index >= 15 is 0 Å². The Morgan fingerprint density at radius 1 is 1.15 bits per heavy atom. The third kappa shape index (κ3) is 4.34. The van der Waals surface area contributed by atoms with Crippen LogP contribution in [0.1, 0.15) is 34.7 Å². The van der Waals surface area contributed by atoms with E-state index in [1.165, 1.54) is 0 Å². The van der Waals surface area contributed by atoms with Crippen molar-refractivity contribution in [2.75, 3.05) is 0 Å². The number of nitrogens with one attached hydrogen (secondary N) is 1. The number of fused-ring (bicyclic) bond motifs is 1. The molecule has 0 fully saturated rings. The van der Waals surface area contributed by atoms with Gasteiger partial charge < -0.3 is 10.4 Å². The second kappa shape index (κ2) is 8.31. The molecule has 3 rings (SSSR count). The number of carbonyl (C=O) groups excluding carboxylic acids is 1. The van der Waals surface area contributed by atoms with Crippen LogP contribution in [0.5, 0.6) is 0 Å². The molecule has 1 amide bonds. The van der Waals surface area contributed by atoms with Gasteiger partial charge in [-0.1, -0.05) is 43.3 Å². The van der Waals surface area contributed by atoms with Gasteiger partial charge in [0.05, 0.1) is 6.61 Å². The van der Waals surface area contributed by atoms with Crippen LogP contribution in [-0.4, -0.2) is 16.0 Å². The van der Waals surface area contributed by atoms with Gasteiger partial charge in [-0.25, -0.2) is 0 Å². The first kappa shape index (κ1) is 19.1. The number of hydrogen-bond donors (Lipinski definition) is 2. The monoisotopic (exact) mass is 362 g/mol. The fourth-order valence-corrected chi connectivity index (χ4v) is 3.57. The van der Waals surface area contributed by atoms with Crippen molar-refractivity contribution in [3.63, 3.8) is 0 Å². The first-order valence-corrected chi connectivity index (χ1v) is 9.28. The van der Waals surface area contributed by atoms with Gasteiger partial charge >= 0.3 is 0 Å². The molecule has 0 saturated heterocycles. The third-order valence-corrected chi connectivity index (χ3v) is 5.10. The predicted molar refractivity (Wildman–Crippen MR) is 108 cm³/mol. The molecule has 0 aliphatic rings. The molecule has 0 aliphatic heterocycles. The number of hydrogen-bond acceptors (Lipinski definition) is 3. The lowest BCUT2D eigenvalue weighted by atomic mass is 9.96. The fourth-order valence-electron chi connectivity index (χ4n) is 3.57. The van der Waals surface area contributed by atoms with Crippen molar-refractivity contribution in [1.29, 1.82) is 0 Å². The second-order valence-corrected chi connectivity index (χ2v) is 7.21. The first-order chi connectivity index (χ1) is 13.0. The van der Waals surface area contributed by atoms with E-state index in [-0.39, 0.29) is 18.4 Å². The molecule has 0 spiro atoms. The minimum atomic E-state index is -0.144. The van der Waals surface area contributed by atoms with Crippen LogP contribution in [-0.2, 0) is 24.4 Å². The summed E-state index contributed by atoms with van der Waals surface area (Å²) in [5, 5.41) is 14.6. The minimum Gasteiger partial charge on any atom is -0.392 e. The predicted octanol–water partition coefficient (Wildman–Crippen LogP) is 3.84. The van der Waals surface area contributed by atoms with Gasteiger partial charge in [0.15, 0.2) is 0 Å². The number of pyridine rings is 1. The Morgan fingerprint density at radius 2 is 1.85 bits per heavy atom. The van der Waals surface area contributed by atoms with Gasteiger partial charge in [-0.2, -0.15) is 0 Å². The van der Waals surface area contributed by atoms with Crippen molar-refractivity contribution in [3.05, 3.63) is 76.6 Å². The van der Waals surface area contributed by atoms with Crippen molar-refractivity contribution in [1.82, 2.24) is 10.3 Å². The Labute approximate surface area is 160 Å². The van der Waals surface area contributed by atoms with Gasteiger partial charge in [0.25, 0.3) is 0 Å². The zero-order valence-corrected chi connectivity index (χ0v) is 16.1. The van der Waals surface area contributed by atoms with Crippen molar-refractivity contribution >= 4 is 16.7 Å². The van der Waals surface area contributed by atoms with Crippen LogP contribution in [0.4, 0.5) is 0 Å². The summed E-state index contributed by atoms with van der Waals surface area (Å²) in [6, 6.07) is 12.1. The van der Waals surface area contributed by atoms with E-state index in [9.17, 15) is 9.90 Å². The summed E-state index contributed by atoms with van der Waals surface area (Å²) in [4.78, 5) is 16.9. The number of rotatable bonds is 6. The van der Waals surface area contributed by atoms with Crippen molar-refractivity contribution < 1.29 is 9.90 Å². The fraction of sp³-hybridized carbons (Fsp3) is 0.304. The molecule has 1 atom stereocenters. The zero-order valence-electron chi connectivity index (χ0n) is 16.1. The topological polar surface area (TPSA) is 62.2 Å². The largest absolute Gasteiger partial charge is 0.392 e. The molecule has 0 radical (unpaired) electrons. The molecule has 0 aliphatic carbocycles. The van der Waals surface area contributed by atoms with Crippen LogP contribution in [0.2, 0.25) is 0 Å². The molecule has 4 nitrogen and oxygen atoms in total. The summed E-state index contributed by atoms with van der Waals surface area (Å²) in [6.07, 6.45) is 4.36. The lowest BCUT2D eigenvalue weighted by molar-refractivity contribution is -0.124. The lowest BCUT2D eigenvalue weighted by Crippen LogP contribution is -2.30. The van der Waals surface area contributed by atoms with Crippen molar-refractivity contribution in [2.24, 2.45) is 5.92 Å². The Kier molecular flexibility index (Phi) is 5.87. The lowest BCUT2D eigenvalue weighted by Gasteiger charge is -2.16. The summed E-state index contributed by atoms with van der Waals surface area (Å²) < 4.78 is 0. The quantitative estimate of drug-likeness (QED) is 0.700. The van der Waals surface area contributed by atoms with E-state index < -0.39 is 0 Å². The Bertz CT molecular complexity index is 937. The van der Waals surface area contributed by atoms with Crippen molar-refractivity contribution in [2.45, 2.75) is 40.3 Å². The summed E-state index contributed by atoms with van der Waals surface area (Å²) in [7, 11) is 0. The van der Waals surface area contributed by atoms with Crippen LogP contribution >= 0.6 is 0 Å². The van der Waals surface area contributed by atoms with Crippen LogP contribution in [0.15, 0.2) is 48.8 Å². The van der Waals surface area contributed by atoms with E-state index in [1.54, 1.807) is 0 Å². The van der Waals surface area contributed by atoms with Gasteiger partial charge in [-0.15, -0.1) is 0 Å². The molecule has 3 aromatic rings. The van der Waals surface area contributed by atoms with E-state index in [4.69, 9.17) is 0 Å². The van der Waals surface area contributed by atoms with Crippen LogP contribution in [0, 0.1) is 19.8 Å². The highest BCUT2D eigenvalue weighted by atomic mass is 16.3. The number of aliphatic hydroxyl groups excluding tert-OH is 1. The van der Waals surface area contributed by atoms with Gasteiger partial charge in [0.2, 0.25) is 5.91 Å². The average molecular weight is 362 g/mol. The molecule has 1 unspecified atom stereocenters. The Hall–Kier alpha value is -2.72. The van der Waals surface area contributed by atoms with Gasteiger partial charge in [0, 0.05) is 30.2 Å². The Balaban J connectivity index is 1.68. The number of amides is 1. The van der Waals surface area contributed by atoms with Crippen molar-refractivity contribution in [3.8, 4) is 0 Å². The van der Waals surface area contributed by atoms with Crippen LogP contribution < -0.4 is 5.32 Å². The van der Waals surface area contributed by atoms with Crippen LogP contribution in [0.3, 0.4) is 0 Å². The molecule has 2 N–H and O–H groups in total. The van der Waals surface area contributed by atoms with Gasteiger partial charge in [-0.05, 0) is 53.5 Å². The minimum absolute atomic E-state index is 0.0322. The summed E-state index contributed by atoms with van der Waals surface area (Å²) in [5.41, 5.74) is 5.28. The molecule has 0 bridgehead atoms. The number of nitrogens with zero attached hydrogens (tertiary/aromatic N) is 1. The highest BCUT2D eigenvalue weighted by Crippen LogP contribution is 2.21. The molecule has 2 aromatic carbocycles. The molecule has 1 aromatic heterocycles. The smallest absolute Gasteiger partial charge is 0.223 e. The summed E-state index contributed by atoms with van der Waals surface area (Å²) >= 11 is 0. The molecular formula is C23H26N2O2. The number of carbonyl (C=O) groups is 1. The molecule has 0 saturated carbocycles. The van der Waals surface area contributed by atoms with E-state index in [0.717, 1.165) is 38.6 Å². The molecular weight excluding hydrogens is 336 g/mol. The number of aromatic nitrogens is 1. The highest BCUT2D eigenvalue weighted by molar-refractivity contribution is 5.85. The highest BCUT2D eigenvalue weighted by Gasteiger charge is 2.16. The maximum atomic E-state index is 12.6. The number of aliphatic hydroxyl groups is 1. The average Bonchev–Trinajstić information content (AvgIpc) is 2.67. The van der Waals surface area contributed by atoms with Gasteiger partial charge in [0.1, 0.15) is 0 Å². The Morgan fingerprint density at radius 3 is 2.56 bits per heavy atom. The normalized spacial score (nSPS) is 12.1. The first-order valence-electron chi connectivity index (χ1n) is 9.28. The zero-order chi connectivity index (χ0) is 19.4. The van der Waals surface area contributed by atoms with Gasteiger partial charge in [-0.3, -0.25) is 9.78 Å². The van der Waals surface area contributed by atoms with E-state index in [0.29, 0.717) is 13.0 Å². The van der Waals surface area contributed by atoms with E-state index in [2.05, 4.69) is 16.4 Å². The maximum absolute atomic E-state index is 12.6. The molecule has 4 heteroatoms. The number of benzene rings is 2. The number of aryl methyl sites for hydroxylation is 2. The van der Waals surface area contributed by atoms with Crippen LogP contribution in [0.25, 0.3) is 10.8 Å². The standard InChI is InChI=1S/C23H26N2O2/c1-15-8-18(14-26)9-16(2)22(15)13-25-23(27)17(3)10-20-12-24-11-19-6-4-5-7-21(19)20/h4-9,11-12,17,26H,10,13-14H2,1-3H3,(H,25,27). The molecule has 1 heterocycles. The van der Waals surface area contributed by atoms with E-state index in [1.807, 2.05) is 63.5 Å². The summed E-state index contributed by atoms with van der Waals surface area (Å²) in [6.45, 7) is 6.51. The molecule has 140 valence electrons. The maximum Gasteiger partial charge on any atom is 0.223 e. The summed E-state index contributed by atoms with van der Waals surface area (Å²) in [5.74, 6) is -0.108.